The number of aromatic nitrogens is 3. The number of carbonyl (C=O) groups is 1. The number of piperazine rings is 1. The van der Waals surface area contributed by atoms with Gasteiger partial charge in [-0.3, -0.25) is 9.88 Å². The monoisotopic (exact) mass is 721 g/mol. The molecule has 10 nitrogen and oxygen atoms in total. The van der Waals surface area contributed by atoms with Crippen LogP contribution >= 0.6 is 11.5 Å². The Morgan fingerprint density at radius 3 is 2.43 bits per heavy atom. The minimum atomic E-state index is -1.34. The molecule has 1 unspecified atom stereocenters. The Labute approximate surface area is 305 Å². The van der Waals surface area contributed by atoms with Gasteiger partial charge in [0.1, 0.15) is 5.01 Å². The summed E-state index contributed by atoms with van der Waals surface area (Å²) in [5.74, 6) is -0.545. The average Bonchev–Trinajstić information content (AvgIpc) is 3.58. The largest absolute Gasteiger partial charge is 0.490 e. The third kappa shape index (κ3) is 7.99. The van der Waals surface area contributed by atoms with Crippen molar-refractivity contribution in [2.75, 3.05) is 50.9 Å². The summed E-state index contributed by atoms with van der Waals surface area (Å²) in [6.07, 6.45) is 4.33. The predicted molar refractivity (Wildman–Crippen MR) is 199 cm³/mol. The van der Waals surface area contributed by atoms with Gasteiger partial charge in [0.2, 0.25) is 5.95 Å². The van der Waals surface area contributed by atoms with E-state index in [4.69, 9.17) is 28.6 Å². The normalized spacial score (nSPS) is 18.5. The highest BCUT2D eigenvalue weighted by Gasteiger charge is 2.35. The second kappa shape index (κ2) is 15.3. The van der Waals surface area contributed by atoms with Crippen molar-refractivity contribution in [2.45, 2.75) is 98.8 Å². The molecule has 6 rings (SSSR count). The lowest BCUT2D eigenvalue weighted by Gasteiger charge is -2.40. The second-order valence-electron chi connectivity index (χ2n) is 15.2. The number of carboxylic acid groups (broad SMARTS) is 1. The number of fused-ring (bicyclic) bond motifs is 1. The van der Waals surface area contributed by atoms with E-state index in [1.54, 1.807) is 6.92 Å². The van der Waals surface area contributed by atoms with E-state index >= 15 is 4.39 Å². The Morgan fingerprint density at radius 2 is 1.78 bits per heavy atom. The average molecular weight is 722 g/mol. The standard InChI is InChI=1S/C39H52FN5O5S/c1-22(2)28(36-42-38(43-51-36)45-15-13-44(14-16-45)26-11-18-48-19-12-26)20-30-24(4)41-25(5)32(35(37(46)47)50-39(6,7)8)33(30)29-21-31(40)34-27(23(29)3)10-9-17-49-34/h20-22,26,35H,9-19H2,1-8H3,(H,46,47). The van der Waals surface area contributed by atoms with E-state index < -0.39 is 23.5 Å². The van der Waals surface area contributed by atoms with Crippen LogP contribution in [0.5, 0.6) is 5.75 Å². The summed E-state index contributed by atoms with van der Waals surface area (Å²) in [5.41, 5.74) is 5.40. The van der Waals surface area contributed by atoms with Crippen LogP contribution in [0.2, 0.25) is 0 Å². The molecule has 1 atom stereocenters. The molecular formula is C39H52FN5O5S. The Bertz CT molecular complexity index is 1790. The first-order chi connectivity index (χ1) is 24.2. The minimum absolute atomic E-state index is 0.0454. The van der Waals surface area contributed by atoms with Gasteiger partial charge in [0.15, 0.2) is 17.7 Å². The molecule has 3 aliphatic rings. The van der Waals surface area contributed by atoms with Gasteiger partial charge in [0, 0.05) is 73.5 Å². The van der Waals surface area contributed by atoms with Crippen LogP contribution in [0.15, 0.2) is 6.07 Å². The van der Waals surface area contributed by atoms with E-state index in [-0.39, 0.29) is 11.7 Å². The molecule has 0 amide bonds. The van der Waals surface area contributed by atoms with Crippen LogP contribution in [-0.2, 0) is 20.7 Å². The summed E-state index contributed by atoms with van der Waals surface area (Å²) < 4.78 is 38.4. The van der Waals surface area contributed by atoms with Crippen molar-refractivity contribution < 1.29 is 28.5 Å². The minimum Gasteiger partial charge on any atom is -0.490 e. The van der Waals surface area contributed by atoms with Crippen LogP contribution in [-0.4, -0.2) is 88.0 Å². The Morgan fingerprint density at radius 1 is 1.08 bits per heavy atom. The van der Waals surface area contributed by atoms with Crippen LogP contribution in [0.1, 0.15) is 98.6 Å². The fourth-order valence-electron chi connectivity index (χ4n) is 7.60. The summed E-state index contributed by atoms with van der Waals surface area (Å²) in [7, 11) is 0. The fraction of sp³-hybridized carbons (Fsp3) is 0.590. The van der Waals surface area contributed by atoms with Crippen LogP contribution in [0.3, 0.4) is 0 Å². The van der Waals surface area contributed by atoms with Gasteiger partial charge in [-0.15, -0.1) is 0 Å². The molecule has 0 bridgehead atoms. The van der Waals surface area contributed by atoms with Crippen molar-refractivity contribution in [3.63, 3.8) is 0 Å². The first kappa shape index (κ1) is 37.3. The zero-order valence-corrected chi connectivity index (χ0v) is 32.1. The number of aliphatic carboxylic acids is 1. The first-order valence-electron chi connectivity index (χ1n) is 18.2. The predicted octanol–water partition coefficient (Wildman–Crippen LogP) is 7.43. The van der Waals surface area contributed by atoms with Crippen molar-refractivity contribution in [3.05, 3.63) is 50.5 Å². The van der Waals surface area contributed by atoms with Gasteiger partial charge in [-0.25, -0.2) is 9.18 Å². The number of nitrogens with zero attached hydrogens (tertiary/aromatic N) is 5. The van der Waals surface area contributed by atoms with Crippen molar-refractivity contribution in [1.82, 2.24) is 19.2 Å². The number of allylic oxidation sites excluding steroid dienone is 1. The molecule has 2 saturated heterocycles. The van der Waals surface area contributed by atoms with Gasteiger partial charge in [0.05, 0.1) is 12.2 Å². The van der Waals surface area contributed by atoms with Crippen LogP contribution in [0, 0.1) is 32.5 Å². The van der Waals surface area contributed by atoms with E-state index in [9.17, 15) is 9.90 Å². The Kier molecular flexibility index (Phi) is 11.2. The van der Waals surface area contributed by atoms with Crippen LogP contribution < -0.4 is 9.64 Å². The van der Waals surface area contributed by atoms with E-state index in [1.165, 1.54) is 17.6 Å². The van der Waals surface area contributed by atoms with E-state index in [2.05, 4.69) is 29.7 Å². The van der Waals surface area contributed by atoms with Crippen molar-refractivity contribution in [2.24, 2.45) is 5.92 Å². The third-order valence-electron chi connectivity index (χ3n) is 10.2. The Hall–Kier alpha value is -3.45. The van der Waals surface area contributed by atoms with Gasteiger partial charge in [-0.1, -0.05) is 13.8 Å². The highest BCUT2D eigenvalue weighted by atomic mass is 32.1. The number of aryl methyl sites for hydroxylation is 2. The van der Waals surface area contributed by atoms with Gasteiger partial charge in [0.25, 0.3) is 0 Å². The lowest BCUT2D eigenvalue weighted by Crippen LogP contribution is -2.51. The van der Waals surface area contributed by atoms with Crippen LogP contribution in [0.4, 0.5) is 10.3 Å². The Balaban J connectivity index is 1.47. The number of rotatable bonds is 9. The molecule has 51 heavy (non-hydrogen) atoms. The number of hydrogen-bond acceptors (Lipinski definition) is 10. The van der Waals surface area contributed by atoms with Crippen molar-refractivity contribution in [1.29, 1.82) is 0 Å². The molecule has 1 aromatic carbocycles. The number of ether oxygens (including phenoxy) is 3. The molecule has 3 aliphatic heterocycles. The van der Waals surface area contributed by atoms with Gasteiger partial charge in [-0.05, 0) is 119 Å². The number of halogens is 1. The summed E-state index contributed by atoms with van der Waals surface area (Å²) in [5, 5.41) is 11.4. The fourth-order valence-corrected chi connectivity index (χ4v) is 8.45. The van der Waals surface area contributed by atoms with Crippen molar-refractivity contribution in [3.8, 4) is 16.9 Å². The van der Waals surface area contributed by atoms with Crippen LogP contribution in [0.25, 0.3) is 22.8 Å². The summed E-state index contributed by atoms with van der Waals surface area (Å²) in [6.45, 7) is 21.2. The molecule has 0 saturated carbocycles. The molecule has 0 radical (unpaired) electrons. The molecule has 2 fully saturated rings. The first-order valence-corrected chi connectivity index (χ1v) is 19.0. The topological polar surface area (TPSA) is 110 Å². The van der Waals surface area contributed by atoms with E-state index in [0.717, 1.165) is 86.3 Å². The maximum absolute atomic E-state index is 15.9. The molecule has 5 heterocycles. The second-order valence-corrected chi connectivity index (χ2v) is 16.0. The number of pyridine rings is 1. The highest BCUT2D eigenvalue weighted by Crippen LogP contribution is 2.45. The van der Waals surface area contributed by atoms with E-state index in [0.29, 0.717) is 52.7 Å². The summed E-state index contributed by atoms with van der Waals surface area (Å²) in [4.78, 5) is 27.8. The maximum Gasteiger partial charge on any atom is 0.337 e. The number of anilines is 1. The zero-order valence-electron chi connectivity index (χ0n) is 31.3. The molecule has 3 aromatic rings. The molecule has 276 valence electrons. The molecule has 12 heteroatoms. The quantitative estimate of drug-likeness (QED) is 0.240. The third-order valence-corrected chi connectivity index (χ3v) is 11.0. The molecule has 0 aliphatic carbocycles. The number of benzene rings is 1. The molecule has 1 N–H and O–H groups in total. The summed E-state index contributed by atoms with van der Waals surface area (Å²) >= 11 is 1.37. The van der Waals surface area contributed by atoms with Crippen molar-refractivity contribution >= 4 is 35.1 Å². The van der Waals surface area contributed by atoms with E-state index in [1.807, 2.05) is 34.6 Å². The molecular weight excluding hydrogens is 670 g/mol. The van der Waals surface area contributed by atoms with Gasteiger partial charge < -0.3 is 24.2 Å². The molecule has 2 aromatic heterocycles. The van der Waals surface area contributed by atoms with Gasteiger partial charge >= 0.3 is 5.97 Å². The number of hydrogen-bond donors (Lipinski definition) is 1. The smallest absolute Gasteiger partial charge is 0.337 e. The highest BCUT2D eigenvalue weighted by molar-refractivity contribution is 7.06. The molecule has 0 spiro atoms. The zero-order chi connectivity index (χ0) is 36.6. The lowest BCUT2D eigenvalue weighted by molar-refractivity contribution is -0.160. The number of carboxylic acids is 1. The lowest BCUT2D eigenvalue weighted by atomic mass is 9.84. The van der Waals surface area contributed by atoms with Gasteiger partial charge in [-0.2, -0.15) is 9.36 Å². The maximum atomic E-state index is 15.9. The summed E-state index contributed by atoms with van der Waals surface area (Å²) in [6, 6.07) is 2.07. The SMILES string of the molecule is Cc1nc(C)c(C(OC(C)(C)C)C(=O)O)c(-c2cc(F)c3c(c2C)CCCO3)c1C=C(c1nc(N2CCN(C3CCOCC3)CC2)ns1)C(C)C.